The summed E-state index contributed by atoms with van der Waals surface area (Å²) in [6.45, 7) is 7.08. The molecule has 3 nitrogen and oxygen atoms in total. The predicted octanol–water partition coefficient (Wildman–Crippen LogP) is 1.59. The molecule has 146 valence electrons. The number of nitrogens with zero attached hydrogens (tertiary/aromatic N) is 1. The Morgan fingerprint density at radius 3 is 1.40 bits per heavy atom. The van der Waals surface area contributed by atoms with E-state index in [2.05, 4.69) is 120 Å². The smallest absolute Gasteiger partial charge is 0.228 e. The molecule has 0 amide bonds. The highest BCUT2D eigenvalue weighted by atomic mass is 32.2. The van der Waals surface area contributed by atoms with Crippen LogP contribution in [0.15, 0.2) is 0 Å². The third-order valence-corrected chi connectivity index (χ3v) is 5.74. The molecule has 0 saturated heterocycles. The third-order valence-electron chi connectivity index (χ3n) is 2.82. The lowest BCUT2D eigenvalue weighted by Crippen LogP contribution is -2.28. The topological polar surface area (TPSA) is 37.4 Å². The van der Waals surface area contributed by atoms with E-state index < -0.39 is 18.1 Å². The van der Waals surface area contributed by atoms with Crippen molar-refractivity contribution < 1.29 is 8.42 Å². The first-order valence-corrected chi connectivity index (χ1v) is 14.2. The second-order valence-electron chi connectivity index (χ2n) is 6.63. The average Bonchev–Trinajstić information content (AvgIpc) is 2.64. The van der Waals surface area contributed by atoms with Gasteiger partial charge in [-0.1, -0.05) is 25.7 Å². The molecule has 0 spiro atoms. The number of terminal acetylenes is 1. The van der Waals surface area contributed by atoms with Crippen LogP contribution in [0.25, 0.3) is 0 Å². The molecule has 0 bridgehead atoms. The highest BCUT2D eigenvalue weighted by Crippen LogP contribution is 2.12. The summed E-state index contributed by atoms with van der Waals surface area (Å²) in [4.78, 5) is 0. The molecule has 0 aromatic heterocycles. The maximum Gasteiger partial charge on any atom is 0.238 e. The zero-order chi connectivity index (χ0) is 22.7. The van der Waals surface area contributed by atoms with Crippen LogP contribution in [0, 0.1) is 107 Å². The lowest BCUT2D eigenvalue weighted by Gasteiger charge is -2.19. The Balaban J connectivity index is 4.77. The van der Waals surface area contributed by atoms with Crippen LogP contribution >= 0.6 is 0 Å². The standard InChI is InChI=1S/C25H19NO2SSi/c1-6-7-8-9-10-11-12-13-14-15-16-17-18-19-20-21-23-26(29(2,27)28)24-22-25-30(3,4)5/h1H,22,24-25H2,2-5H3. The fraction of sp³-hybridized carbons (Fsp3) is 0.280. The number of sulfonamides is 1. The predicted molar refractivity (Wildman–Crippen MR) is 125 cm³/mol. The van der Waals surface area contributed by atoms with Crippen molar-refractivity contribution in [2.24, 2.45) is 0 Å². The summed E-state index contributed by atoms with van der Waals surface area (Å²) in [6, 6.07) is 3.59. The first kappa shape index (κ1) is 26.0. The molecule has 0 unspecified atom stereocenters. The van der Waals surface area contributed by atoms with Crippen LogP contribution in [0.5, 0.6) is 0 Å². The van der Waals surface area contributed by atoms with Crippen LogP contribution in [-0.2, 0) is 10.0 Å². The second-order valence-corrected chi connectivity index (χ2v) is 14.2. The van der Waals surface area contributed by atoms with Crippen LogP contribution in [0.1, 0.15) is 6.42 Å². The maximum atomic E-state index is 11.8. The van der Waals surface area contributed by atoms with Gasteiger partial charge in [-0.2, -0.15) is 0 Å². The molecule has 0 heterocycles. The van der Waals surface area contributed by atoms with Crippen LogP contribution in [-0.4, -0.2) is 33.6 Å². The first-order chi connectivity index (χ1) is 14.2. The van der Waals surface area contributed by atoms with Crippen molar-refractivity contribution in [3.8, 4) is 107 Å². The van der Waals surface area contributed by atoms with E-state index in [9.17, 15) is 8.42 Å². The monoisotopic (exact) mass is 425 g/mol. The Morgan fingerprint density at radius 1 is 0.700 bits per heavy atom. The summed E-state index contributed by atoms with van der Waals surface area (Å²) < 4.78 is 24.7. The minimum Gasteiger partial charge on any atom is -0.228 e. The molecule has 0 fully saturated rings. The molecule has 0 rings (SSSR count). The third kappa shape index (κ3) is 17.4. The highest BCUT2D eigenvalue weighted by Gasteiger charge is 2.16. The molecule has 5 heteroatoms. The molecular formula is C25H19NO2SSi. The molecule has 0 aliphatic rings. The molecule has 0 aromatic carbocycles. The minimum atomic E-state index is -3.40. The molecule has 0 atom stereocenters. The Kier molecular flexibility index (Phi) is 13.0. The van der Waals surface area contributed by atoms with Gasteiger partial charge in [-0.25, -0.2) is 12.7 Å². The summed E-state index contributed by atoms with van der Waals surface area (Å²) in [5.41, 5.74) is 0. The Bertz CT molecular complexity index is 1280. The van der Waals surface area contributed by atoms with Gasteiger partial charge in [-0.05, 0) is 53.8 Å². The largest absolute Gasteiger partial charge is 0.238 e. The van der Waals surface area contributed by atoms with E-state index in [4.69, 9.17) is 6.42 Å². The van der Waals surface area contributed by atoms with Gasteiger partial charge in [0.05, 0.1) is 6.26 Å². The van der Waals surface area contributed by atoms with E-state index in [1.165, 1.54) is 0 Å². The van der Waals surface area contributed by atoms with E-state index in [1.54, 1.807) is 0 Å². The van der Waals surface area contributed by atoms with Gasteiger partial charge < -0.3 is 0 Å². The molecular weight excluding hydrogens is 406 g/mol. The molecule has 0 radical (unpaired) electrons. The van der Waals surface area contributed by atoms with Gasteiger partial charge in [0.15, 0.2) is 0 Å². The maximum absolute atomic E-state index is 11.8. The van der Waals surface area contributed by atoms with Gasteiger partial charge in [0.2, 0.25) is 10.0 Å². The Labute approximate surface area is 182 Å². The molecule has 0 aliphatic carbocycles. The van der Waals surface area contributed by atoms with Crippen molar-refractivity contribution in [2.45, 2.75) is 32.1 Å². The zero-order valence-electron chi connectivity index (χ0n) is 17.4. The minimum absolute atomic E-state index is 0.361. The molecule has 0 N–H and O–H groups in total. The van der Waals surface area contributed by atoms with Crippen LogP contribution in [0.2, 0.25) is 25.7 Å². The zero-order valence-corrected chi connectivity index (χ0v) is 19.2. The quantitative estimate of drug-likeness (QED) is 0.381. The van der Waals surface area contributed by atoms with Crippen molar-refractivity contribution in [1.29, 1.82) is 0 Å². The fourth-order valence-corrected chi connectivity index (χ4v) is 3.48. The van der Waals surface area contributed by atoms with Crippen LogP contribution < -0.4 is 0 Å². The Morgan fingerprint density at radius 2 is 1.07 bits per heavy atom. The van der Waals surface area contributed by atoms with E-state index in [0.29, 0.717) is 6.54 Å². The van der Waals surface area contributed by atoms with Gasteiger partial charge in [0.25, 0.3) is 0 Å². The van der Waals surface area contributed by atoms with Crippen molar-refractivity contribution in [3.63, 3.8) is 0 Å². The van der Waals surface area contributed by atoms with E-state index in [1.807, 2.05) is 0 Å². The lowest BCUT2D eigenvalue weighted by atomic mass is 10.5. The molecule has 0 aromatic rings. The molecule has 30 heavy (non-hydrogen) atoms. The van der Waals surface area contributed by atoms with E-state index in [0.717, 1.165) is 23.0 Å². The number of hydrogen-bond acceptors (Lipinski definition) is 2. The van der Waals surface area contributed by atoms with Crippen LogP contribution in [0.4, 0.5) is 0 Å². The van der Waals surface area contributed by atoms with Crippen molar-refractivity contribution >= 4 is 18.1 Å². The van der Waals surface area contributed by atoms with Gasteiger partial charge in [0.1, 0.15) is 0 Å². The summed E-state index contributed by atoms with van der Waals surface area (Å²) in [7, 11) is -4.63. The van der Waals surface area contributed by atoms with Gasteiger partial charge in [-0.3, -0.25) is 0 Å². The second kappa shape index (κ2) is 15.0. The van der Waals surface area contributed by atoms with Gasteiger partial charge >= 0.3 is 0 Å². The first-order valence-electron chi connectivity index (χ1n) is 8.61. The SMILES string of the molecule is C#CC#CC#CC#CC#CC#CC#CC#CC#CN(CCC[Si](C)(C)C)S(C)(=O)=O. The molecule has 0 aliphatic heterocycles. The van der Waals surface area contributed by atoms with Crippen molar-refractivity contribution in [2.75, 3.05) is 12.8 Å². The van der Waals surface area contributed by atoms with Crippen LogP contribution in [0.3, 0.4) is 0 Å². The number of rotatable bonds is 5. The van der Waals surface area contributed by atoms with Gasteiger partial charge in [-0.15, -0.1) is 6.42 Å². The van der Waals surface area contributed by atoms with E-state index in [-0.39, 0.29) is 0 Å². The van der Waals surface area contributed by atoms with Crippen molar-refractivity contribution in [3.05, 3.63) is 0 Å². The summed E-state index contributed by atoms with van der Waals surface area (Å²) in [6.07, 6.45) is 6.83. The molecule has 0 saturated carbocycles. The van der Waals surface area contributed by atoms with Crippen molar-refractivity contribution in [1.82, 2.24) is 4.31 Å². The summed E-state index contributed by atoms with van der Waals surface area (Å²) in [5, 5.41) is 0. The Hall–Kier alpha value is -3.99. The fourth-order valence-electron chi connectivity index (χ4n) is 1.59. The highest BCUT2D eigenvalue weighted by molar-refractivity contribution is 7.88. The summed E-state index contributed by atoms with van der Waals surface area (Å²) in [5.74, 6) is 39.1. The normalized spacial score (nSPS) is 7.83. The van der Waals surface area contributed by atoms with Gasteiger partial charge in [0, 0.05) is 68.0 Å². The summed E-state index contributed by atoms with van der Waals surface area (Å²) >= 11 is 0. The lowest BCUT2D eigenvalue weighted by molar-refractivity contribution is 0.514. The average molecular weight is 426 g/mol. The number of hydrogen-bond donors (Lipinski definition) is 0. The van der Waals surface area contributed by atoms with E-state index >= 15 is 0 Å².